The number of carbonyl (C=O) groups is 1. The van der Waals surface area contributed by atoms with Crippen molar-refractivity contribution >= 4 is 11.6 Å². The maximum Gasteiger partial charge on any atom is 0.220 e. The number of benzene rings is 1. The van der Waals surface area contributed by atoms with Crippen molar-refractivity contribution in [3.8, 4) is 0 Å². The van der Waals surface area contributed by atoms with Gasteiger partial charge in [-0.05, 0) is 30.4 Å². The quantitative estimate of drug-likeness (QED) is 0.751. The van der Waals surface area contributed by atoms with E-state index in [-0.39, 0.29) is 17.9 Å². The Balaban J connectivity index is 1.50. The number of para-hydroxylation sites is 1. The van der Waals surface area contributed by atoms with Crippen LogP contribution in [0.1, 0.15) is 30.7 Å². The largest absolute Gasteiger partial charge is 0.391 e. The standard InChI is InChI=1S/C15H20N2O2/c18-14(10-5-6-10)9-17-15(19)7-11-8-16-13-4-2-1-3-12(11)13/h1-4,10-11,14,16,18H,5-9H2,(H,17,19). The zero-order valence-corrected chi connectivity index (χ0v) is 10.9. The molecule has 1 heterocycles. The minimum Gasteiger partial charge on any atom is -0.391 e. The molecule has 0 bridgehead atoms. The predicted octanol–water partition coefficient (Wildman–Crippen LogP) is 1.47. The second-order valence-corrected chi connectivity index (χ2v) is 5.58. The molecule has 2 unspecified atom stereocenters. The first-order chi connectivity index (χ1) is 9.24. The molecular formula is C15H20N2O2. The fourth-order valence-corrected chi connectivity index (χ4v) is 2.70. The summed E-state index contributed by atoms with van der Waals surface area (Å²) in [4.78, 5) is 11.9. The molecule has 0 saturated heterocycles. The summed E-state index contributed by atoms with van der Waals surface area (Å²) in [6, 6.07) is 8.13. The third kappa shape index (κ3) is 2.89. The smallest absolute Gasteiger partial charge is 0.220 e. The minimum absolute atomic E-state index is 0.0307. The van der Waals surface area contributed by atoms with Crippen LogP contribution in [0.4, 0.5) is 5.69 Å². The zero-order valence-electron chi connectivity index (χ0n) is 10.9. The van der Waals surface area contributed by atoms with Crippen LogP contribution in [-0.2, 0) is 4.79 Å². The van der Waals surface area contributed by atoms with E-state index in [0.717, 1.165) is 25.1 Å². The van der Waals surface area contributed by atoms with Crippen LogP contribution in [0.25, 0.3) is 0 Å². The van der Waals surface area contributed by atoms with Gasteiger partial charge in [0.25, 0.3) is 0 Å². The highest BCUT2D eigenvalue weighted by atomic mass is 16.3. The van der Waals surface area contributed by atoms with Crippen LogP contribution in [0, 0.1) is 5.92 Å². The third-order valence-corrected chi connectivity index (χ3v) is 4.05. The SMILES string of the molecule is O=C(CC1CNc2ccccc21)NCC(O)C1CC1. The number of amides is 1. The molecule has 1 aliphatic carbocycles. The summed E-state index contributed by atoms with van der Waals surface area (Å²) in [6.45, 7) is 1.21. The highest BCUT2D eigenvalue weighted by molar-refractivity contribution is 5.78. The number of carbonyl (C=O) groups excluding carboxylic acids is 1. The molecule has 102 valence electrons. The van der Waals surface area contributed by atoms with E-state index in [1.54, 1.807) is 0 Å². The van der Waals surface area contributed by atoms with Crippen molar-refractivity contribution in [3.05, 3.63) is 29.8 Å². The second kappa shape index (κ2) is 5.21. The van der Waals surface area contributed by atoms with Crippen molar-refractivity contribution in [2.75, 3.05) is 18.4 Å². The molecule has 1 amide bonds. The monoisotopic (exact) mass is 260 g/mol. The van der Waals surface area contributed by atoms with Gasteiger partial charge in [-0.2, -0.15) is 0 Å². The molecule has 4 heteroatoms. The molecular weight excluding hydrogens is 240 g/mol. The normalized spacial score (nSPS) is 22.5. The Labute approximate surface area is 113 Å². The van der Waals surface area contributed by atoms with Gasteiger partial charge >= 0.3 is 0 Å². The summed E-state index contributed by atoms with van der Waals surface area (Å²) < 4.78 is 0. The summed E-state index contributed by atoms with van der Waals surface area (Å²) in [5.74, 6) is 0.687. The Hall–Kier alpha value is -1.55. The third-order valence-electron chi connectivity index (χ3n) is 4.05. The molecule has 1 fully saturated rings. The lowest BCUT2D eigenvalue weighted by atomic mass is 9.97. The van der Waals surface area contributed by atoms with Crippen LogP contribution < -0.4 is 10.6 Å². The number of hydrogen-bond donors (Lipinski definition) is 3. The lowest BCUT2D eigenvalue weighted by molar-refractivity contribution is -0.121. The van der Waals surface area contributed by atoms with E-state index in [2.05, 4.69) is 16.7 Å². The Bertz CT molecular complexity index is 471. The maximum atomic E-state index is 11.9. The summed E-state index contributed by atoms with van der Waals surface area (Å²) in [6.07, 6.45) is 2.31. The summed E-state index contributed by atoms with van der Waals surface area (Å²) in [5.41, 5.74) is 2.36. The van der Waals surface area contributed by atoms with Gasteiger partial charge in [0.2, 0.25) is 5.91 Å². The Morgan fingerprint density at radius 2 is 2.21 bits per heavy atom. The Kier molecular flexibility index (Phi) is 3.42. The molecule has 3 N–H and O–H groups in total. The Morgan fingerprint density at radius 1 is 1.42 bits per heavy atom. The summed E-state index contributed by atoms with van der Waals surface area (Å²) >= 11 is 0. The average molecular weight is 260 g/mol. The fraction of sp³-hybridized carbons (Fsp3) is 0.533. The molecule has 1 aromatic carbocycles. The number of hydrogen-bond acceptors (Lipinski definition) is 3. The van der Waals surface area contributed by atoms with Crippen molar-refractivity contribution in [2.24, 2.45) is 5.92 Å². The predicted molar refractivity (Wildman–Crippen MR) is 74.0 cm³/mol. The van der Waals surface area contributed by atoms with Gasteiger partial charge in [0.05, 0.1) is 6.10 Å². The van der Waals surface area contributed by atoms with Gasteiger partial charge in [-0.15, -0.1) is 0 Å². The second-order valence-electron chi connectivity index (χ2n) is 5.58. The van der Waals surface area contributed by atoms with Crippen LogP contribution in [0.5, 0.6) is 0 Å². The molecule has 0 radical (unpaired) electrons. The van der Waals surface area contributed by atoms with E-state index in [4.69, 9.17) is 0 Å². The van der Waals surface area contributed by atoms with E-state index in [9.17, 15) is 9.90 Å². The van der Waals surface area contributed by atoms with Gasteiger partial charge in [0.15, 0.2) is 0 Å². The van der Waals surface area contributed by atoms with E-state index in [1.165, 1.54) is 5.56 Å². The first kappa shape index (κ1) is 12.5. The minimum atomic E-state index is -0.363. The Morgan fingerprint density at radius 3 is 3.00 bits per heavy atom. The zero-order chi connectivity index (χ0) is 13.2. The molecule has 2 atom stereocenters. The molecule has 3 rings (SSSR count). The average Bonchev–Trinajstić information content (AvgIpc) is 3.20. The lowest BCUT2D eigenvalue weighted by Gasteiger charge is -2.13. The van der Waals surface area contributed by atoms with E-state index in [0.29, 0.717) is 18.9 Å². The van der Waals surface area contributed by atoms with Gasteiger partial charge in [-0.25, -0.2) is 0 Å². The number of rotatable bonds is 5. The maximum absolute atomic E-state index is 11.9. The molecule has 2 aliphatic rings. The molecule has 1 aliphatic heterocycles. The topological polar surface area (TPSA) is 61.4 Å². The molecule has 4 nitrogen and oxygen atoms in total. The van der Waals surface area contributed by atoms with Gasteiger partial charge in [0.1, 0.15) is 0 Å². The first-order valence-electron chi connectivity index (χ1n) is 7.01. The fourth-order valence-electron chi connectivity index (χ4n) is 2.70. The molecule has 0 spiro atoms. The summed E-state index contributed by atoms with van der Waals surface area (Å²) in [5, 5.41) is 15.9. The molecule has 0 aromatic heterocycles. The van der Waals surface area contributed by atoms with Crippen LogP contribution in [-0.4, -0.2) is 30.2 Å². The molecule has 1 saturated carbocycles. The molecule has 1 aromatic rings. The van der Waals surface area contributed by atoms with Gasteiger partial charge in [-0.1, -0.05) is 18.2 Å². The highest BCUT2D eigenvalue weighted by Gasteiger charge is 2.30. The van der Waals surface area contributed by atoms with Crippen molar-refractivity contribution in [1.82, 2.24) is 5.32 Å². The van der Waals surface area contributed by atoms with E-state index >= 15 is 0 Å². The summed E-state index contributed by atoms with van der Waals surface area (Å²) in [7, 11) is 0. The van der Waals surface area contributed by atoms with Crippen molar-refractivity contribution in [3.63, 3.8) is 0 Å². The first-order valence-corrected chi connectivity index (χ1v) is 7.01. The van der Waals surface area contributed by atoms with Gasteiger partial charge in [0, 0.05) is 31.1 Å². The van der Waals surface area contributed by atoms with E-state index < -0.39 is 0 Å². The number of fused-ring (bicyclic) bond motifs is 1. The van der Waals surface area contributed by atoms with Gasteiger partial charge in [-0.3, -0.25) is 4.79 Å². The number of nitrogens with one attached hydrogen (secondary N) is 2. The van der Waals surface area contributed by atoms with Crippen LogP contribution in [0.15, 0.2) is 24.3 Å². The number of aliphatic hydroxyl groups excluding tert-OH is 1. The van der Waals surface area contributed by atoms with Crippen LogP contribution in [0.2, 0.25) is 0 Å². The highest BCUT2D eigenvalue weighted by Crippen LogP contribution is 2.33. The van der Waals surface area contributed by atoms with Crippen molar-refractivity contribution in [1.29, 1.82) is 0 Å². The van der Waals surface area contributed by atoms with Crippen LogP contribution >= 0.6 is 0 Å². The van der Waals surface area contributed by atoms with Gasteiger partial charge < -0.3 is 15.7 Å². The van der Waals surface area contributed by atoms with Crippen molar-refractivity contribution in [2.45, 2.75) is 31.3 Å². The lowest BCUT2D eigenvalue weighted by Crippen LogP contribution is -2.34. The number of aliphatic hydroxyl groups is 1. The van der Waals surface area contributed by atoms with E-state index in [1.807, 2.05) is 18.2 Å². The molecule has 19 heavy (non-hydrogen) atoms. The number of anilines is 1. The van der Waals surface area contributed by atoms with Crippen molar-refractivity contribution < 1.29 is 9.90 Å². The van der Waals surface area contributed by atoms with Crippen LogP contribution in [0.3, 0.4) is 0 Å².